The Hall–Kier alpha value is -8.48. The maximum Gasteiger partial charge on any atom is 0.160 e. The minimum atomic E-state index is 0.645. The fourth-order valence-corrected chi connectivity index (χ4v) is 8.57. The molecule has 6 nitrogen and oxygen atoms in total. The van der Waals surface area contributed by atoms with Gasteiger partial charge in [-0.3, -0.25) is 0 Å². The second-order valence-corrected chi connectivity index (χ2v) is 15.4. The minimum absolute atomic E-state index is 0.645. The Morgan fingerprint density at radius 3 is 1.55 bits per heavy atom. The van der Waals surface area contributed by atoms with E-state index >= 15 is 0 Å². The van der Waals surface area contributed by atoms with Gasteiger partial charge in [-0.05, 0) is 41.0 Å². The van der Waals surface area contributed by atoms with Crippen LogP contribution in [0.2, 0.25) is 0 Å². The highest BCUT2D eigenvalue weighted by atomic mass is 16.3. The van der Waals surface area contributed by atoms with E-state index in [1.807, 2.05) is 85.2 Å². The van der Waals surface area contributed by atoms with E-state index in [9.17, 15) is 0 Å². The van der Waals surface area contributed by atoms with Crippen LogP contribution in [0.15, 0.2) is 215 Å². The molecule has 4 aromatic heterocycles. The van der Waals surface area contributed by atoms with Crippen molar-refractivity contribution >= 4 is 43.9 Å². The van der Waals surface area contributed by atoms with E-state index in [1.54, 1.807) is 0 Å². The smallest absolute Gasteiger partial charge is 0.160 e. The van der Waals surface area contributed by atoms with Crippen molar-refractivity contribution < 1.29 is 8.83 Å². The second-order valence-electron chi connectivity index (χ2n) is 15.4. The van der Waals surface area contributed by atoms with Gasteiger partial charge < -0.3 is 8.83 Å². The van der Waals surface area contributed by atoms with Gasteiger partial charge in [-0.2, -0.15) is 0 Å². The highest BCUT2D eigenvalue weighted by molar-refractivity contribution is 6.19. The van der Waals surface area contributed by atoms with Crippen LogP contribution < -0.4 is 0 Å². The molecule has 0 unspecified atom stereocenters. The number of fused-ring (bicyclic) bond motifs is 6. The van der Waals surface area contributed by atoms with Crippen LogP contribution in [0.25, 0.3) is 123 Å². The van der Waals surface area contributed by atoms with Crippen LogP contribution >= 0.6 is 0 Å². The number of aromatic nitrogens is 4. The molecule has 4 heterocycles. The lowest BCUT2D eigenvalue weighted by molar-refractivity contribution is 0.669. The van der Waals surface area contributed by atoms with Gasteiger partial charge in [0.05, 0.1) is 11.4 Å². The van der Waals surface area contributed by atoms with Crippen LogP contribution in [-0.4, -0.2) is 19.9 Å². The molecule has 0 atom stereocenters. The molecule has 0 saturated heterocycles. The van der Waals surface area contributed by atoms with Crippen molar-refractivity contribution in [2.24, 2.45) is 0 Å². The quantitative estimate of drug-likeness (QED) is 0.160. The summed E-state index contributed by atoms with van der Waals surface area (Å²) in [6.45, 7) is 0. The molecule has 62 heavy (non-hydrogen) atoms. The Balaban J connectivity index is 0.918. The zero-order valence-electron chi connectivity index (χ0n) is 33.2. The molecule has 290 valence electrons. The topological polar surface area (TPSA) is 77.8 Å². The van der Waals surface area contributed by atoms with Crippen molar-refractivity contribution in [1.29, 1.82) is 0 Å². The summed E-state index contributed by atoms with van der Waals surface area (Å²) < 4.78 is 13.2. The highest BCUT2D eigenvalue weighted by Crippen LogP contribution is 2.45. The van der Waals surface area contributed by atoms with Crippen LogP contribution in [0, 0.1) is 0 Å². The fourth-order valence-electron chi connectivity index (χ4n) is 8.57. The summed E-state index contributed by atoms with van der Waals surface area (Å²) in [4.78, 5) is 19.5. The third kappa shape index (κ3) is 6.13. The number of nitrogens with zero attached hydrogens (tertiary/aromatic N) is 4. The molecule has 12 aromatic rings. The van der Waals surface area contributed by atoms with Gasteiger partial charge in [0.25, 0.3) is 0 Å². The van der Waals surface area contributed by atoms with Crippen LogP contribution in [0.4, 0.5) is 0 Å². The van der Waals surface area contributed by atoms with Crippen LogP contribution in [0.3, 0.4) is 0 Å². The molecule has 0 radical (unpaired) electrons. The van der Waals surface area contributed by atoms with E-state index in [2.05, 4.69) is 131 Å². The fraction of sp³-hybridized carbons (Fsp3) is 0. The summed E-state index contributed by atoms with van der Waals surface area (Å²) in [6, 6.07) is 66.4. The first-order chi connectivity index (χ1) is 30.7. The summed E-state index contributed by atoms with van der Waals surface area (Å²) in [7, 11) is 0. The molecule has 0 saturated carbocycles. The lowest BCUT2D eigenvalue weighted by Gasteiger charge is -2.11. The molecule has 12 rings (SSSR count). The van der Waals surface area contributed by atoms with Crippen molar-refractivity contribution in [3.05, 3.63) is 207 Å². The molecule has 0 N–H and O–H groups in total. The maximum atomic E-state index is 6.72. The molecule has 0 amide bonds. The molecule has 8 aromatic carbocycles. The van der Waals surface area contributed by atoms with Gasteiger partial charge >= 0.3 is 0 Å². The number of rotatable bonds is 7. The monoisotopic (exact) mass is 794 g/mol. The lowest BCUT2D eigenvalue weighted by atomic mass is 9.93. The standard InChI is InChI=1S/C56H34N4O2/c1-3-12-37(13-4-1)48-32-49(60-56(59-48)40-28-22-35(23-29-40)41-33-57-55(58-34-41)39-14-5-2-6-15-39)38-26-24-36(25-27-38)42-30-31-44(52-47-17-8-10-21-51(47)62-54(42)52)46-19-11-18-45-43-16-7-9-20-50(43)61-53(45)46/h1-34H. The van der Waals surface area contributed by atoms with Gasteiger partial charge in [0.2, 0.25) is 0 Å². The zero-order valence-corrected chi connectivity index (χ0v) is 33.2. The minimum Gasteiger partial charge on any atom is -0.455 e. The van der Waals surface area contributed by atoms with Crippen molar-refractivity contribution in [2.45, 2.75) is 0 Å². The number of benzene rings is 8. The van der Waals surface area contributed by atoms with E-state index in [1.165, 1.54) is 0 Å². The van der Waals surface area contributed by atoms with E-state index in [0.717, 1.165) is 111 Å². The van der Waals surface area contributed by atoms with Crippen LogP contribution in [0.1, 0.15) is 0 Å². The van der Waals surface area contributed by atoms with Crippen molar-refractivity contribution in [1.82, 2.24) is 19.9 Å². The van der Waals surface area contributed by atoms with E-state index in [0.29, 0.717) is 11.6 Å². The molecule has 0 aliphatic heterocycles. The molecule has 0 fully saturated rings. The molecule has 6 heteroatoms. The Kier molecular flexibility index (Phi) is 8.38. The first-order valence-electron chi connectivity index (χ1n) is 20.6. The predicted octanol–water partition coefficient (Wildman–Crippen LogP) is 14.7. The highest BCUT2D eigenvalue weighted by Gasteiger charge is 2.21. The van der Waals surface area contributed by atoms with E-state index < -0.39 is 0 Å². The number of para-hydroxylation sites is 3. The number of furan rings is 2. The average molecular weight is 795 g/mol. The van der Waals surface area contributed by atoms with Crippen molar-refractivity contribution in [2.75, 3.05) is 0 Å². The summed E-state index contributed by atoms with van der Waals surface area (Å²) in [5.74, 6) is 1.35. The summed E-state index contributed by atoms with van der Waals surface area (Å²) >= 11 is 0. The largest absolute Gasteiger partial charge is 0.455 e. The summed E-state index contributed by atoms with van der Waals surface area (Å²) in [6.07, 6.45) is 3.74. The Bertz CT molecular complexity index is 3600. The van der Waals surface area contributed by atoms with Crippen LogP contribution in [-0.2, 0) is 0 Å². The second kappa shape index (κ2) is 14.7. The van der Waals surface area contributed by atoms with Crippen molar-refractivity contribution in [3.8, 4) is 78.7 Å². The third-order valence-corrected chi connectivity index (χ3v) is 11.7. The molecule has 0 aliphatic carbocycles. The predicted molar refractivity (Wildman–Crippen MR) is 250 cm³/mol. The lowest BCUT2D eigenvalue weighted by Crippen LogP contribution is -1.96. The number of hydrogen-bond donors (Lipinski definition) is 0. The van der Waals surface area contributed by atoms with E-state index in [4.69, 9.17) is 18.8 Å². The molecule has 0 aliphatic rings. The first kappa shape index (κ1) is 35.5. The Labute approximate surface area is 356 Å². The average Bonchev–Trinajstić information content (AvgIpc) is 3.94. The zero-order chi connectivity index (χ0) is 41.0. The van der Waals surface area contributed by atoms with Gasteiger partial charge in [0.15, 0.2) is 11.6 Å². The van der Waals surface area contributed by atoms with Gasteiger partial charge in [0.1, 0.15) is 22.3 Å². The SMILES string of the molecule is c1ccc(-c2cc(-c3ccc(-c4ccc(-c5cccc6c5oc5ccccc56)c5c4oc4ccccc45)cc3)nc(-c3ccc(-c4cnc(-c5ccccc5)nc4)cc3)n2)cc1. The van der Waals surface area contributed by atoms with E-state index in [-0.39, 0.29) is 0 Å². The van der Waals surface area contributed by atoms with Crippen molar-refractivity contribution in [3.63, 3.8) is 0 Å². The molecular formula is C56H34N4O2. The molecule has 0 spiro atoms. The van der Waals surface area contributed by atoms with Gasteiger partial charge in [-0.25, -0.2) is 19.9 Å². The first-order valence-corrected chi connectivity index (χ1v) is 20.6. The molecule has 0 bridgehead atoms. The van der Waals surface area contributed by atoms with Gasteiger partial charge in [-0.1, -0.05) is 170 Å². The van der Waals surface area contributed by atoms with Gasteiger partial charge in [-0.15, -0.1) is 0 Å². The maximum absolute atomic E-state index is 6.72. The van der Waals surface area contributed by atoms with Gasteiger partial charge in [0, 0.05) is 72.9 Å². The summed E-state index contributed by atoms with van der Waals surface area (Å²) in [5, 5.41) is 4.33. The summed E-state index contributed by atoms with van der Waals surface area (Å²) in [5.41, 5.74) is 15.1. The normalized spacial score (nSPS) is 11.5. The number of hydrogen-bond acceptors (Lipinski definition) is 6. The van der Waals surface area contributed by atoms with Crippen LogP contribution in [0.5, 0.6) is 0 Å². The Morgan fingerprint density at radius 1 is 0.306 bits per heavy atom. The third-order valence-electron chi connectivity index (χ3n) is 11.7. The Morgan fingerprint density at radius 2 is 0.823 bits per heavy atom. The molecular weight excluding hydrogens is 761 g/mol.